The number of imidazole rings is 1. The summed E-state index contributed by atoms with van der Waals surface area (Å²) in [6.07, 6.45) is 1.89. The molecule has 1 fully saturated rings. The molecule has 3 heterocycles. The number of hydrogen-bond donors (Lipinski definition) is 2. The molecule has 2 N–H and O–H groups in total. The zero-order chi connectivity index (χ0) is 14.9. The minimum atomic E-state index is 0.135. The van der Waals surface area contributed by atoms with Crippen molar-refractivity contribution in [2.75, 3.05) is 19.7 Å². The lowest BCUT2D eigenvalue weighted by Crippen LogP contribution is -2.33. The summed E-state index contributed by atoms with van der Waals surface area (Å²) in [6, 6.07) is 10.3. The molecule has 3 aromatic rings. The van der Waals surface area contributed by atoms with Gasteiger partial charge in [0.05, 0.1) is 18.2 Å². The second kappa shape index (κ2) is 5.79. The minimum absolute atomic E-state index is 0.135. The summed E-state index contributed by atoms with van der Waals surface area (Å²) in [5.74, 6) is 0.829. The molecule has 22 heavy (non-hydrogen) atoms. The average molecular weight is 359 g/mol. The predicted octanol–water partition coefficient (Wildman–Crippen LogP) is 3.05. The molecule has 5 nitrogen and oxygen atoms in total. The first-order chi connectivity index (χ1) is 10.8. The Hall–Kier alpha value is -1.76. The SMILES string of the molecule is Brc1cnc2nc(-c3ccc(C4CNCCO4)cc3)[nH]c2c1. The van der Waals surface area contributed by atoms with E-state index in [2.05, 4.69) is 60.5 Å². The fraction of sp³-hybridized carbons (Fsp3) is 0.250. The molecule has 0 bridgehead atoms. The lowest BCUT2D eigenvalue weighted by Gasteiger charge is -2.23. The molecule has 6 heteroatoms. The summed E-state index contributed by atoms with van der Waals surface area (Å²) in [7, 11) is 0. The zero-order valence-corrected chi connectivity index (χ0v) is 13.4. The van der Waals surface area contributed by atoms with Crippen LogP contribution in [-0.2, 0) is 4.74 Å². The molecular weight excluding hydrogens is 344 g/mol. The third-order valence-corrected chi connectivity index (χ3v) is 4.22. The summed E-state index contributed by atoms with van der Waals surface area (Å²) >= 11 is 3.42. The van der Waals surface area contributed by atoms with Crippen molar-refractivity contribution in [3.8, 4) is 11.4 Å². The first-order valence-corrected chi connectivity index (χ1v) is 8.03. The van der Waals surface area contributed by atoms with Gasteiger partial charge in [-0.25, -0.2) is 9.97 Å². The summed E-state index contributed by atoms with van der Waals surface area (Å²) in [5, 5.41) is 3.35. The summed E-state index contributed by atoms with van der Waals surface area (Å²) in [4.78, 5) is 12.1. The Labute approximate surface area is 136 Å². The number of benzene rings is 1. The van der Waals surface area contributed by atoms with Crippen molar-refractivity contribution in [3.05, 3.63) is 46.6 Å². The maximum atomic E-state index is 5.77. The number of ether oxygens (including phenoxy) is 1. The van der Waals surface area contributed by atoms with Crippen LogP contribution < -0.4 is 5.32 Å². The van der Waals surface area contributed by atoms with Crippen LogP contribution in [-0.4, -0.2) is 34.6 Å². The highest BCUT2D eigenvalue weighted by Crippen LogP contribution is 2.24. The van der Waals surface area contributed by atoms with Crippen molar-refractivity contribution in [3.63, 3.8) is 0 Å². The highest BCUT2D eigenvalue weighted by Gasteiger charge is 2.15. The third kappa shape index (κ3) is 2.65. The Morgan fingerprint density at radius 3 is 2.86 bits per heavy atom. The van der Waals surface area contributed by atoms with E-state index in [1.54, 1.807) is 6.20 Å². The Bertz CT molecular complexity index is 794. The molecule has 1 unspecified atom stereocenters. The van der Waals surface area contributed by atoms with Gasteiger partial charge >= 0.3 is 0 Å². The van der Waals surface area contributed by atoms with E-state index in [9.17, 15) is 0 Å². The number of morpholine rings is 1. The van der Waals surface area contributed by atoms with Gasteiger partial charge in [-0.05, 0) is 27.6 Å². The second-order valence-corrected chi connectivity index (χ2v) is 6.21. The van der Waals surface area contributed by atoms with Gasteiger partial charge in [0.15, 0.2) is 5.65 Å². The average Bonchev–Trinajstić information content (AvgIpc) is 2.99. The lowest BCUT2D eigenvalue weighted by atomic mass is 10.1. The number of H-pyrrole nitrogens is 1. The van der Waals surface area contributed by atoms with Crippen molar-refractivity contribution in [2.45, 2.75) is 6.10 Å². The molecule has 0 saturated carbocycles. The van der Waals surface area contributed by atoms with Gasteiger partial charge in [0.25, 0.3) is 0 Å². The van der Waals surface area contributed by atoms with Gasteiger partial charge in [-0.15, -0.1) is 0 Å². The predicted molar refractivity (Wildman–Crippen MR) is 88.6 cm³/mol. The van der Waals surface area contributed by atoms with E-state index >= 15 is 0 Å². The van der Waals surface area contributed by atoms with E-state index < -0.39 is 0 Å². The molecule has 2 aromatic heterocycles. The summed E-state index contributed by atoms with van der Waals surface area (Å²) < 4.78 is 6.71. The Morgan fingerprint density at radius 1 is 1.23 bits per heavy atom. The van der Waals surface area contributed by atoms with Crippen LogP contribution in [0.15, 0.2) is 41.0 Å². The van der Waals surface area contributed by atoms with Crippen LogP contribution in [0.2, 0.25) is 0 Å². The second-order valence-electron chi connectivity index (χ2n) is 5.30. The zero-order valence-electron chi connectivity index (χ0n) is 11.8. The molecule has 1 aliphatic heterocycles. The van der Waals surface area contributed by atoms with Crippen molar-refractivity contribution in [1.29, 1.82) is 0 Å². The van der Waals surface area contributed by atoms with E-state index in [1.807, 2.05) is 6.07 Å². The maximum absolute atomic E-state index is 5.77. The molecule has 112 valence electrons. The van der Waals surface area contributed by atoms with E-state index in [-0.39, 0.29) is 6.10 Å². The van der Waals surface area contributed by atoms with Crippen LogP contribution in [0.25, 0.3) is 22.6 Å². The smallest absolute Gasteiger partial charge is 0.178 e. The summed E-state index contributed by atoms with van der Waals surface area (Å²) in [6.45, 7) is 2.55. The molecule has 1 aliphatic rings. The van der Waals surface area contributed by atoms with Crippen molar-refractivity contribution >= 4 is 27.1 Å². The lowest BCUT2D eigenvalue weighted by molar-refractivity contribution is 0.0277. The number of hydrogen-bond acceptors (Lipinski definition) is 4. The molecule has 4 rings (SSSR count). The highest BCUT2D eigenvalue weighted by molar-refractivity contribution is 9.10. The highest BCUT2D eigenvalue weighted by atomic mass is 79.9. The van der Waals surface area contributed by atoms with Gasteiger partial charge in [-0.1, -0.05) is 24.3 Å². The minimum Gasteiger partial charge on any atom is -0.371 e. The van der Waals surface area contributed by atoms with Crippen LogP contribution >= 0.6 is 15.9 Å². The third-order valence-electron chi connectivity index (χ3n) is 3.79. The molecule has 0 radical (unpaired) electrons. The van der Waals surface area contributed by atoms with Crippen LogP contribution in [0.5, 0.6) is 0 Å². The van der Waals surface area contributed by atoms with Gasteiger partial charge in [-0.3, -0.25) is 0 Å². The van der Waals surface area contributed by atoms with Crippen LogP contribution in [0.4, 0.5) is 0 Å². The normalized spacial score (nSPS) is 18.7. The maximum Gasteiger partial charge on any atom is 0.178 e. The Balaban J connectivity index is 1.63. The Kier molecular flexibility index (Phi) is 3.65. The van der Waals surface area contributed by atoms with Crippen LogP contribution in [0.3, 0.4) is 0 Å². The van der Waals surface area contributed by atoms with Gasteiger partial charge in [-0.2, -0.15) is 0 Å². The molecule has 0 spiro atoms. The van der Waals surface area contributed by atoms with Gasteiger partial charge < -0.3 is 15.0 Å². The monoisotopic (exact) mass is 358 g/mol. The fourth-order valence-corrected chi connectivity index (χ4v) is 2.98. The molecule has 1 saturated heterocycles. The molecule has 1 atom stereocenters. The van der Waals surface area contributed by atoms with Crippen molar-refractivity contribution < 1.29 is 4.74 Å². The topological polar surface area (TPSA) is 62.8 Å². The van der Waals surface area contributed by atoms with Crippen molar-refractivity contribution in [2.24, 2.45) is 0 Å². The van der Waals surface area contributed by atoms with Crippen LogP contribution in [0.1, 0.15) is 11.7 Å². The number of fused-ring (bicyclic) bond motifs is 1. The number of nitrogens with one attached hydrogen (secondary N) is 2. The molecule has 0 amide bonds. The number of rotatable bonds is 2. The van der Waals surface area contributed by atoms with Gasteiger partial charge in [0, 0.05) is 29.3 Å². The standard InChI is InChI=1S/C16H15BrN4O/c17-12-7-13-16(19-8-12)21-15(20-13)11-3-1-10(2-4-11)14-9-18-5-6-22-14/h1-4,7-8,14,18H,5-6,9H2,(H,19,20,21). The fourth-order valence-electron chi connectivity index (χ4n) is 2.65. The van der Waals surface area contributed by atoms with Crippen LogP contribution in [0, 0.1) is 0 Å². The number of aromatic nitrogens is 3. The van der Waals surface area contributed by atoms with E-state index in [0.29, 0.717) is 0 Å². The largest absolute Gasteiger partial charge is 0.371 e. The van der Waals surface area contributed by atoms with E-state index in [1.165, 1.54) is 5.56 Å². The van der Waals surface area contributed by atoms with Gasteiger partial charge in [0.1, 0.15) is 5.82 Å². The van der Waals surface area contributed by atoms with Gasteiger partial charge in [0.2, 0.25) is 0 Å². The summed E-state index contributed by atoms with van der Waals surface area (Å²) in [5.41, 5.74) is 3.88. The number of aromatic amines is 1. The molecular formula is C16H15BrN4O. The number of halogens is 1. The van der Waals surface area contributed by atoms with Crippen molar-refractivity contribution in [1.82, 2.24) is 20.3 Å². The number of nitrogens with zero attached hydrogens (tertiary/aromatic N) is 2. The van der Waals surface area contributed by atoms with E-state index in [0.717, 1.165) is 46.7 Å². The Morgan fingerprint density at radius 2 is 2.09 bits per heavy atom. The first-order valence-electron chi connectivity index (χ1n) is 7.23. The molecule has 0 aliphatic carbocycles. The number of pyridine rings is 1. The molecule has 1 aromatic carbocycles. The quantitative estimate of drug-likeness (QED) is 0.738. The van der Waals surface area contributed by atoms with E-state index in [4.69, 9.17) is 4.74 Å². The first kappa shape index (κ1) is 13.9.